The number of nitrogens with one attached hydrogen (secondary N) is 2. The first-order valence-corrected chi connectivity index (χ1v) is 7.66. The third-order valence-corrected chi connectivity index (χ3v) is 3.38. The first kappa shape index (κ1) is 15.9. The monoisotopic (exact) mass is 326 g/mol. The molecule has 2 amide bonds. The molecular weight excluding hydrogens is 308 g/mol. The van der Waals surface area contributed by atoms with E-state index >= 15 is 0 Å². The van der Waals surface area contributed by atoms with E-state index in [2.05, 4.69) is 10.6 Å². The van der Waals surface area contributed by atoms with Crippen LogP contribution in [0.4, 0.5) is 11.4 Å². The molecule has 1 aliphatic rings. The Kier molecular flexibility index (Phi) is 4.37. The molecule has 0 aromatic heterocycles. The molecule has 6 nitrogen and oxygen atoms in total. The molecule has 0 unspecified atom stereocenters. The van der Waals surface area contributed by atoms with Crippen LogP contribution in [-0.2, 0) is 4.79 Å². The van der Waals surface area contributed by atoms with E-state index < -0.39 is 0 Å². The van der Waals surface area contributed by atoms with Crippen LogP contribution in [0.25, 0.3) is 0 Å². The lowest BCUT2D eigenvalue weighted by Gasteiger charge is -2.20. The summed E-state index contributed by atoms with van der Waals surface area (Å²) in [5.41, 5.74) is 1.38. The van der Waals surface area contributed by atoms with Gasteiger partial charge in [0, 0.05) is 5.69 Å². The van der Waals surface area contributed by atoms with Crippen molar-refractivity contribution in [2.75, 3.05) is 17.2 Å². The fraction of sp³-hybridized carbons (Fsp3) is 0.222. The second-order valence-electron chi connectivity index (χ2n) is 5.66. The van der Waals surface area contributed by atoms with Crippen LogP contribution in [0.3, 0.4) is 0 Å². The van der Waals surface area contributed by atoms with Gasteiger partial charge in [0.25, 0.3) is 11.8 Å². The van der Waals surface area contributed by atoms with E-state index in [4.69, 9.17) is 9.47 Å². The number of rotatable bonds is 4. The molecule has 2 aromatic rings. The van der Waals surface area contributed by atoms with Gasteiger partial charge in [-0.05, 0) is 50.2 Å². The highest BCUT2D eigenvalue weighted by molar-refractivity contribution is 6.11. The minimum atomic E-state index is -0.324. The molecule has 24 heavy (non-hydrogen) atoms. The van der Waals surface area contributed by atoms with Crippen LogP contribution in [0.2, 0.25) is 0 Å². The number of ether oxygens (including phenoxy) is 2. The van der Waals surface area contributed by atoms with Crippen LogP contribution in [0, 0.1) is 0 Å². The highest BCUT2D eigenvalue weighted by Crippen LogP contribution is 2.31. The number of anilines is 2. The topological polar surface area (TPSA) is 76.7 Å². The van der Waals surface area contributed by atoms with E-state index in [1.54, 1.807) is 42.5 Å². The maximum absolute atomic E-state index is 12.5. The first-order chi connectivity index (χ1) is 11.5. The van der Waals surface area contributed by atoms with Crippen molar-refractivity contribution >= 4 is 23.2 Å². The standard InChI is InChI=1S/C18H18N2O4/c1-11(2)24-13-8-6-12(7-9-13)19-18(22)14-4-3-5-15-17(14)20-16(21)10-23-15/h3-9,11H,10H2,1-2H3,(H,19,22)(H,20,21). The van der Waals surface area contributed by atoms with Crippen LogP contribution in [0.1, 0.15) is 24.2 Å². The van der Waals surface area contributed by atoms with Gasteiger partial charge < -0.3 is 20.1 Å². The van der Waals surface area contributed by atoms with E-state index in [0.29, 0.717) is 22.7 Å². The van der Waals surface area contributed by atoms with E-state index in [-0.39, 0.29) is 24.5 Å². The van der Waals surface area contributed by atoms with Gasteiger partial charge in [-0.25, -0.2) is 0 Å². The second-order valence-corrected chi connectivity index (χ2v) is 5.66. The van der Waals surface area contributed by atoms with Crippen LogP contribution in [0.15, 0.2) is 42.5 Å². The van der Waals surface area contributed by atoms with Crippen LogP contribution in [-0.4, -0.2) is 24.5 Å². The summed E-state index contributed by atoms with van der Waals surface area (Å²) in [6.07, 6.45) is 0.0879. The molecule has 1 aliphatic heterocycles. The van der Waals surface area contributed by atoms with E-state index in [0.717, 1.165) is 5.75 Å². The average molecular weight is 326 g/mol. The van der Waals surface area contributed by atoms with Gasteiger partial charge in [0.05, 0.1) is 17.4 Å². The predicted molar refractivity (Wildman–Crippen MR) is 90.7 cm³/mol. The Hall–Kier alpha value is -3.02. The Morgan fingerprint density at radius 2 is 1.96 bits per heavy atom. The Bertz CT molecular complexity index is 769. The molecule has 6 heteroatoms. The lowest BCUT2D eigenvalue weighted by atomic mass is 10.1. The Balaban J connectivity index is 1.77. The number of benzene rings is 2. The van der Waals surface area contributed by atoms with Crippen molar-refractivity contribution in [1.82, 2.24) is 0 Å². The van der Waals surface area contributed by atoms with Gasteiger partial charge >= 0.3 is 0 Å². The first-order valence-electron chi connectivity index (χ1n) is 7.66. The zero-order valence-electron chi connectivity index (χ0n) is 13.5. The molecule has 0 atom stereocenters. The molecule has 3 rings (SSSR count). The van der Waals surface area contributed by atoms with Gasteiger partial charge in [-0.1, -0.05) is 6.07 Å². The van der Waals surface area contributed by atoms with Crippen molar-refractivity contribution in [3.05, 3.63) is 48.0 Å². The quantitative estimate of drug-likeness (QED) is 0.905. The van der Waals surface area contributed by atoms with E-state index in [9.17, 15) is 9.59 Å². The summed E-state index contributed by atoms with van der Waals surface area (Å²) < 4.78 is 10.9. The number of carbonyl (C=O) groups is 2. The van der Waals surface area contributed by atoms with Crippen LogP contribution in [0.5, 0.6) is 11.5 Å². The Labute approximate surface area is 139 Å². The Morgan fingerprint density at radius 3 is 2.67 bits per heavy atom. The van der Waals surface area contributed by atoms with Gasteiger partial charge in [0.2, 0.25) is 0 Å². The van der Waals surface area contributed by atoms with Crippen molar-refractivity contribution in [2.24, 2.45) is 0 Å². The lowest BCUT2D eigenvalue weighted by Crippen LogP contribution is -2.27. The number of amides is 2. The minimum absolute atomic E-state index is 0.0462. The summed E-state index contributed by atoms with van der Waals surface area (Å²) in [6, 6.07) is 12.2. The minimum Gasteiger partial charge on any atom is -0.491 e. The summed E-state index contributed by atoms with van der Waals surface area (Å²) in [5, 5.41) is 5.48. The summed E-state index contributed by atoms with van der Waals surface area (Å²) in [7, 11) is 0. The molecule has 2 aromatic carbocycles. The maximum Gasteiger partial charge on any atom is 0.262 e. The molecule has 124 valence electrons. The lowest BCUT2D eigenvalue weighted by molar-refractivity contribution is -0.118. The summed E-state index contributed by atoms with van der Waals surface area (Å²) in [5.74, 6) is 0.622. The van der Waals surface area contributed by atoms with Crippen molar-refractivity contribution in [2.45, 2.75) is 20.0 Å². The van der Waals surface area contributed by atoms with Crippen LogP contribution < -0.4 is 20.1 Å². The van der Waals surface area contributed by atoms with Crippen molar-refractivity contribution < 1.29 is 19.1 Å². The van der Waals surface area contributed by atoms with Crippen LogP contribution >= 0.6 is 0 Å². The smallest absolute Gasteiger partial charge is 0.262 e. The molecule has 0 bridgehead atoms. The second kappa shape index (κ2) is 6.62. The molecule has 0 saturated heterocycles. The third-order valence-electron chi connectivity index (χ3n) is 3.38. The molecule has 1 heterocycles. The number of hydrogen-bond donors (Lipinski definition) is 2. The van der Waals surface area contributed by atoms with Crippen molar-refractivity contribution in [3.8, 4) is 11.5 Å². The summed E-state index contributed by atoms with van der Waals surface area (Å²) in [6.45, 7) is 3.85. The number of hydrogen-bond acceptors (Lipinski definition) is 4. The predicted octanol–water partition coefficient (Wildman–Crippen LogP) is 3.06. The highest BCUT2D eigenvalue weighted by atomic mass is 16.5. The highest BCUT2D eigenvalue weighted by Gasteiger charge is 2.22. The fourth-order valence-electron chi connectivity index (χ4n) is 2.38. The van der Waals surface area contributed by atoms with Crippen molar-refractivity contribution in [1.29, 1.82) is 0 Å². The number of para-hydroxylation sites is 1. The van der Waals surface area contributed by atoms with Gasteiger partial charge in [-0.2, -0.15) is 0 Å². The molecule has 0 saturated carbocycles. The largest absolute Gasteiger partial charge is 0.491 e. The van der Waals surface area contributed by atoms with Gasteiger partial charge in [0.1, 0.15) is 11.5 Å². The third kappa shape index (κ3) is 3.48. The average Bonchev–Trinajstić information content (AvgIpc) is 2.55. The fourth-order valence-corrected chi connectivity index (χ4v) is 2.38. The zero-order valence-corrected chi connectivity index (χ0v) is 13.5. The molecule has 0 fully saturated rings. The number of fused-ring (bicyclic) bond motifs is 1. The molecule has 0 radical (unpaired) electrons. The molecule has 2 N–H and O–H groups in total. The van der Waals surface area contributed by atoms with E-state index in [1.807, 2.05) is 13.8 Å². The Morgan fingerprint density at radius 1 is 1.21 bits per heavy atom. The van der Waals surface area contributed by atoms with Gasteiger partial charge in [-0.3, -0.25) is 9.59 Å². The zero-order chi connectivity index (χ0) is 17.1. The number of carbonyl (C=O) groups excluding carboxylic acids is 2. The summed E-state index contributed by atoms with van der Waals surface area (Å²) >= 11 is 0. The molecular formula is C18H18N2O4. The van der Waals surface area contributed by atoms with E-state index in [1.165, 1.54) is 0 Å². The maximum atomic E-state index is 12.5. The molecule has 0 aliphatic carbocycles. The van der Waals surface area contributed by atoms with Crippen molar-refractivity contribution in [3.63, 3.8) is 0 Å². The SMILES string of the molecule is CC(C)Oc1ccc(NC(=O)c2cccc3c2NC(=O)CO3)cc1. The summed E-state index contributed by atoms with van der Waals surface area (Å²) in [4.78, 5) is 24.0. The normalized spacial score (nSPS) is 12.9. The van der Waals surface area contributed by atoms with Gasteiger partial charge in [0.15, 0.2) is 6.61 Å². The molecule has 0 spiro atoms. The van der Waals surface area contributed by atoms with Gasteiger partial charge in [-0.15, -0.1) is 0 Å².